The molecular weight excluding hydrogens is 286 g/mol. The zero-order chi connectivity index (χ0) is 14.8. The van der Waals surface area contributed by atoms with Gasteiger partial charge >= 0.3 is 0 Å². The van der Waals surface area contributed by atoms with E-state index >= 15 is 0 Å². The van der Waals surface area contributed by atoms with Crippen LogP contribution in [0.25, 0.3) is 0 Å². The van der Waals surface area contributed by atoms with Gasteiger partial charge in [-0.3, -0.25) is 0 Å². The minimum absolute atomic E-state index is 0.371. The first-order valence-electron chi connectivity index (χ1n) is 7.30. The molecule has 1 unspecified atom stereocenters. The molecule has 3 heterocycles. The van der Waals surface area contributed by atoms with Crippen LogP contribution in [0.15, 0.2) is 6.20 Å². The molecule has 0 aliphatic carbocycles. The van der Waals surface area contributed by atoms with Crippen LogP contribution in [0, 0.1) is 0 Å². The lowest BCUT2D eigenvalue weighted by Gasteiger charge is -2.17. The van der Waals surface area contributed by atoms with Gasteiger partial charge in [-0.15, -0.1) is 21.5 Å². The van der Waals surface area contributed by atoms with E-state index in [9.17, 15) is 0 Å². The maximum Gasteiger partial charge on any atom is 0.227 e. The monoisotopic (exact) mass is 307 g/mol. The van der Waals surface area contributed by atoms with E-state index in [0.29, 0.717) is 5.92 Å². The largest absolute Gasteiger partial charge is 0.381 e. The molecule has 0 amide bonds. The van der Waals surface area contributed by atoms with Crippen molar-refractivity contribution in [1.82, 2.24) is 19.7 Å². The average Bonchev–Trinajstić information content (AvgIpc) is 3.18. The van der Waals surface area contributed by atoms with E-state index in [1.54, 1.807) is 11.3 Å². The van der Waals surface area contributed by atoms with Crippen molar-refractivity contribution in [2.75, 3.05) is 25.2 Å². The predicted octanol–water partition coefficient (Wildman–Crippen LogP) is 1.97. The highest BCUT2D eigenvalue weighted by Crippen LogP contribution is 2.26. The Labute approximate surface area is 128 Å². The van der Waals surface area contributed by atoms with Gasteiger partial charge in [0.05, 0.1) is 13.2 Å². The second-order valence-electron chi connectivity index (χ2n) is 5.41. The van der Waals surface area contributed by atoms with Crippen LogP contribution in [-0.2, 0) is 24.8 Å². The van der Waals surface area contributed by atoms with Gasteiger partial charge in [0, 0.05) is 37.7 Å². The van der Waals surface area contributed by atoms with Crippen molar-refractivity contribution >= 4 is 17.3 Å². The first-order chi connectivity index (χ1) is 10.2. The first-order valence-corrected chi connectivity index (χ1v) is 8.12. The third-order valence-electron chi connectivity index (χ3n) is 3.84. The number of anilines is 1. The number of ether oxygens (including phenoxy) is 1. The van der Waals surface area contributed by atoms with Gasteiger partial charge in [-0.1, -0.05) is 6.92 Å². The van der Waals surface area contributed by atoms with E-state index in [4.69, 9.17) is 4.74 Å². The minimum Gasteiger partial charge on any atom is -0.381 e. The number of aromatic nitrogens is 4. The Morgan fingerprint density at radius 1 is 1.48 bits per heavy atom. The van der Waals surface area contributed by atoms with E-state index in [0.717, 1.165) is 49.4 Å². The molecular formula is C14H21N5OS. The first kappa shape index (κ1) is 14.5. The van der Waals surface area contributed by atoms with Crippen molar-refractivity contribution < 1.29 is 4.74 Å². The smallest absolute Gasteiger partial charge is 0.227 e. The molecule has 1 atom stereocenters. The second kappa shape index (κ2) is 6.11. The Kier molecular flexibility index (Phi) is 4.21. The maximum absolute atomic E-state index is 5.44. The fraction of sp³-hybridized carbons (Fsp3) is 0.643. The summed E-state index contributed by atoms with van der Waals surface area (Å²) in [4.78, 5) is 7.89. The Morgan fingerprint density at radius 2 is 2.33 bits per heavy atom. The van der Waals surface area contributed by atoms with Gasteiger partial charge in [-0.2, -0.15) is 0 Å². The molecule has 0 spiro atoms. The van der Waals surface area contributed by atoms with Crippen molar-refractivity contribution in [3.63, 3.8) is 0 Å². The molecule has 0 bridgehead atoms. The summed E-state index contributed by atoms with van der Waals surface area (Å²) in [7, 11) is 4.06. The third kappa shape index (κ3) is 2.94. The minimum atomic E-state index is 0.371. The van der Waals surface area contributed by atoms with Crippen LogP contribution >= 0.6 is 11.3 Å². The van der Waals surface area contributed by atoms with Crippen molar-refractivity contribution in [2.45, 2.75) is 32.2 Å². The van der Waals surface area contributed by atoms with E-state index in [-0.39, 0.29) is 0 Å². The van der Waals surface area contributed by atoms with Crippen LogP contribution in [0.3, 0.4) is 0 Å². The molecule has 1 aliphatic rings. The van der Waals surface area contributed by atoms with Crippen LogP contribution in [0.2, 0.25) is 0 Å². The molecule has 0 N–H and O–H groups in total. The van der Waals surface area contributed by atoms with Gasteiger partial charge in [0.1, 0.15) is 10.8 Å². The molecule has 21 heavy (non-hydrogen) atoms. The number of aryl methyl sites for hydroxylation is 1. The van der Waals surface area contributed by atoms with Crippen LogP contribution in [0.1, 0.15) is 35.0 Å². The summed E-state index contributed by atoms with van der Waals surface area (Å²) >= 11 is 1.76. The lowest BCUT2D eigenvalue weighted by atomic mass is 10.1. The zero-order valence-electron chi connectivity index (χ0n) is 12.7. The second-order valence-corrected chi connectivity index (χ2v) is 6.61. The van der Waals surface area contributed by atoms with Crippen LogP contribution in [-0.4, -0.2) is 40.0 Å². The number of hydrogen-bond donors (Lipinski definition) is 0. The van der Waals surface area contributed by atoms with Crippen molar-refractivity contribution in [3.8, 4) is 0 Å². The molecule has 1 fully saturated rings. The van der Waals surface area contributed by atoms with Crippen LogP contribution < -0.4 is 4.90 Å². The summed E-state index contributed by atoms with van der Waals surface area (Å²) in [5.74, 6) is 2.27. The fourth-order valence-corrected chi connectivity index (χ4v) is 3.53. The zero-order valence-corrected chi connectivity index (χ0v) is 13.6. The summed E-state index contributed by atoms with van der Waals surface area (Å²) in [5.41, 5.74) is 0. The van der Waals surface area contributed by atoms with Crippen molar-refractivity contribution in [2.24, 2.45) is 7.05 Å². The Bertz CT molecular complexity index is 602. The molecule has 114 valence electrons. The van der Waals surface area contributed by atoms with Gasteiger partial charge in [0.15, 0.2) is 0 Å². The summed E-state index contributed by atoms with van der Waals surface area (Å²) < 4.78 is 7.52. The van der Waals surface area contributed by atoms with E-state index in [1.165, 1.54) is 4.88 Å². The molecule has 6 nitrogen and oxygen atoms in total. The highest BCUT2D eigenvalue weighted by atomic mass is 32.1. The SMILES string of the molecule is CCc1cnc(CN(C)c2nnc(C3CCOC3)n2C)s1. The summed E-state index contributed by atoms with van der Waals surface area (Å²) in [6, 6.07) is 0. The quantitative estimate of drug-likeness (QED) is 0.845. The number of rotatable bonds is 5. The van der Waals surface area contributed by atoms with Crippen LogP contribution in [0.4, 0.5) is 5.95 Å². The van der Waals surface area contributed by atoms with Gasteiger partial charge < -0.3 is 14.2 Å². The van der Waals surface area contributed by atoms with Gasteiger partial charge in [-0.25, -0.2) is 4.98 Å². The summed E-state index contributed by atoms with van der Waals surface area (Å²) in [5, 5.41) is 9.81. The number of thiazole rings is 1. The fourth-order valence-electron chi connectivity index (χ4n) is 2.62. The molecule has 3 rings (SSSR count). The van der Waals surface area contributed by atoms with E-state index < -0.39 is 0 Å². The number of hydrogen-bond acceptors (Lipinski definition) is 6. The highest BCUT2D eigenvalue weighted by molar-refractivity contribution is 7.11. The van der Waals surface area contributed by atoms with Crippen molar-refractivity contribution in [1.29, 1.82) is 0 Å². The maximum atomic E-state index is 5.44. The molecule has 2 aromatic rings. The molecule has 0 aromatic carbocycles. The Morgan fingerprint density at radius 3 is 3.00 bits per heavy atom. The lowest BCUT2D eigenvalue weighted by Crippen LogP contribution is -2.20. The molecule has 0 radical (unpaired) electrons. The summed E-state index contributed by atoms with van der Waals surface area (Å²) in [6.45, 7) is 4.49. The van der Waals surface area contributed by atoms with E-state index in [2.05, 4.69) is 31.6 Å². The van der Waals surface area contributed by atoms with Gasteiger partial charge in [0.25, 0.3) is 0 Å². The highest BCUT2D eigenvalue weighted by Gasteiger charge is 2.24. The van der Waals surface area contributed by atoms with Crippen molar-refractivity contribution in [3.05, 3.63) is 21.9 Å². The topological polar surface area (TPSA) is 56.1 Å². The predicted molar refractivity (Wildman–Crippen MR) is 82.8 cm³/mol. The van der Waals surface area contributed by atoms with Gasteiger partial charge in [0.2, 0.25) is 5.95 Å². The summed E-state index contributed by atoms with van der Waals surface area (Å²) in [6.07, 6.45) is 4.03. The molecule has 2 aromatic heterocycles. The van der Waals surface area contributed by atoms with E-state index in [1.807, 2.05) is 20.3 Å². The molecule has 0 saturated carbocycles. The molecule has 1 saturated heterocycles. The third-order valence-corrected chi connectivity index (χ3v) is 4.97. The average molecular weight is 307 g/mol. The standard InChI is InChI=1S/C14H21N5OS/c1-4-11-7-15-12(21-11)8-18(2)14-17-16-13(19(14)3)10-5-6-20-9-10/h7,10H,4-6,8-9H2,1-3H3. The molecule has 1 aliphatic heterocycles. The van der Waals surface area contributed by atoms with Gasteiger partial charge in [-0.05, 0) is 12.8 Å². The Balaban J connectivity index is 1.73. The Hall–Kier alpha value is -1.47. The lowest BCUT2D eigenvalue weighted by molar-refractivity contribution is 0.193. The molecule has 7 heteroatoms. The number of nitrogens with zero attached hydrogens (tertiary/aromatic N) is 5. The van der Waals surface area contributed by atoms with Crippen LogP contribution in [0.5, 0.6) is 0 Å². The normalized spacial score (nSPS) is 18.3.